The molecule has 2 aliphatic heterocycles. The molecule has 5 rings (SSSR count). The van der Waals surface area contributed by atoms with Gasteiger partial charge in [-0.05, 0) is 31.9 Å². The van der Waals surface area contributed by atoms with E-state index in [-0.39, 0.29) is 0 Å². The van der Waals surface area contributed by atoms with Crippen LogP contribution in [0.2, 0.25) is 0 Å². The number of primary amides is 1. The van der Waals surface area contributed by atoms with Crippen molar-refractivity contribution in [2.75, 3.05) is 24.5 Å². The lowest BCUT2D eigenvalue weighted by atomic mass is 9.80. The molecule has 1 spiro atoms. The number of benzene rings is 1. The summed E-state index contributed by atoms with van der Waals surface area (Å²) in [6, 6.07) is 7.93. The summed E-state index contributed by atoms with van der Waals surface area (Å²) in [5, 5.41) is 5.39. The van der Waals surface area contributed by atoms with Gasteiger partial charge in [0, 0.05) is 36.6 Å². The number of aromatic nitrogens is 2. The van der Waals surface area contributed by atoms with Crippen molar-refractivity contribution < 1.29 is 9.59 Å². The van der Waals surface area contributed by atoms with Gasteiger partial charge in [-0.1, -0.05) is 18.2 Å². The number of carbonyl (C=O) groups is 2. The monoisotopic (exact) mass is 377 g/mol. The molecule has 1 unspecified atom stereocenters. The van der Waals surface area contributed by atoms with Crippen LogP contribution in [0.1, 0.15) is 36.0 Å². The highest BCUT2D eigenvalue weighted by Crippen LogP contribution is 2.37. The summed E-state index contributed by atoms with van der Waals surface area (Å²) < 4.78 is 0. The fraction of sp³-hybridized carbons (Fsp3) is 0.381. The highest BCUT2D eigenvalue weighted by atomic mass is 16.1. The van der Waals surface area contributed by atoms with Gasteiger partial charge in [-0.3, -0.25) is 9.59 Å². The zero-order valence-corrected chi connectivity index (χ0v) is 15.6. The number of anilines is 1. The van der Waals surface area contributed by atoms with E-state index >= 15 is 0 Å². The molecule has 7 nitrogen and oxygen atoms in total. The minimum absolute atomic E-state index is 0.298. The molecule has 3 aromatic rings. The van der Waals surface area contributed by atoms with Gasteiger partial charge in [-0.25, -0.2) is 4.98 Å². The topological polar surface area (TPSA) is 104 Å². The van der Waals surface area contributed by atoms with Crippen LogP contribution in [0, 0.1) is 0 Å². The predicted octanol–water partition coefficient (Wildman–Crippen LogP) is 2.11. The Balaban J connectivity index is 1.67. The summed E-state index contributed by atoms with van der Waals surface area (Å²) in [6.45, 7) is 2.30. The van der Waals surface area contributed by atoms with Crippen molar-refractivity contribution in [2.24, 2.45) is 5.73 Å². The number of H-pyrrole nitrogens is 1. The number of para-hydroxylation sites is 1. The Hall–Kier alpha value is -2.93. The number of rotatable bonds is 2. The summed E-state index contributed by atoms with van der Waals surface area (Å²) >= 11 is 0. The van der Waals surface area contributed by atoms with E-state index in [2.05, 4.69) is 20.2 Å². The molecular weight excluding hydrogens is 354 g/mol. The molecule has 1 amide bonds. The first-order valence-corrected chi connectivity index (χ1v) is 9.82. The number of nitrogens with one attached hydrogen (secondary N) is 2. The maximum Gasteiger partial charge on any atom is 0.252 e. The van der Waals surface area contributed by atoms with Crippen molar-refractivity contribution in [1.82, 2.24) is 15.3 Å². The highest BCUT2D eigenvalue weighted by molar-refractivity contribution is 6.18. The molecule has 4 heterocycles. The lowest BCUT2D eigenvalue weighted by molar-refractivity contribution is -0.127. The number of nitrogens with two attached hydrogens (primary N) is 1. The first-order valence-electron chi connectivity index (χ1n) is 9.82. The Kier molecular flexibility index (Phi) is 3.87. The molecule has 2 aromatic heterocycles. The SMILES string of the molecule is NC(=O)c1cnc(N2CCCC3(C2)NCCCC3=O)c2c1[nH]c1ccccc12. The second-order valence-corrected chi connectivity index (χ2v) is 7.84. The van der Waals surface area contributed by atoms with Gasteiger partial charge < -0.3 is 20.9 Å². The molecule has 0 radical (unpaired) electrons. The third-order valence-corrected chi connectivity index (χ3v) is 6.15. The lowest BCUT2D eigenvalue weighted by Crippen LogP contribution is -2.64. The first-order chi connectivity index (χ1) is 13.6. The number of hydrogen-bond acceptors (Lipinski definition) is 5. The fourth-order valence-corrected chi connectivity index (χ4v) is 4.78. The zero-order valence-electron chi connectivity index (χ0n) is 15.6. The van der Waals surface area contributed by atoms with Crippen molar-refractivity contribution >= 4 is 39.3 Å². The highest BCUT2D eigenvalue weighted by Gasteiger charge is 2.43. The summed E-state index contributed by atoms with van der Waals surface area (Å²) in [4.78, 5) is 34.9. The van der Waals surface area contributed by atoms with Crippen LogP contribution in [-0.2, 0) is 4.79 Å². The van der Waals surface area contributed by atoms with Gasteiger partial charge in [0.2, 0.25) is 0 Å². The van der Waals surface area contributed by atoms with E-state index in [9.17, 15) is 9.59 Å². The number of fused-ring (bicyclic) bond motifs is 3. The molecule has 2 fully saturated rings. The van der Waals surface area contributed by atoms with Gasteiger partial charge >= 0.3 is 0 Å². The molecule has 7 heteroatoms. The molecule has 1 atom stereocenters. The smallest absolute Gasteiger partial charge is 0.252 e. The Bertz CT molecular complexity index is 1100. The number of piperidine rings is 2. The molecule has 0 bridgehead atoms. The van der Waals surface area contributed by atoms with Crippen molar-refractivity contribution in [2.45, 2.75) is 31.2 Å². The predicted molar refractivity (Wildman–Crippen MR) is 109 cm³/mol. The summed E-state index contributed by atoms with van der Waals surface area (Å²) in [5.41, 5.74) is 7.14. The van der Waals surface area contributed by atoms with Crippen LogP contribution in [0.25, 0.3) is 21.8 Å². The molecule has 0 saturated carbocycles. The number of hydrogen-bond donors (Lipinski definition) is 3. The Morgan fingerprint density at radius 3 is 2.93 bits per heavy atom. The van der Waals surface area contributed by atoms with Crippen molar-refractivity contribution in [3.05, 3.63) is 36.0 Å². The van der Waals surface area contributed by atoms with E-state index in [0.717, 1.165) is 54.5 Å². The zero-order chi connectivity index (χ0) is 19.3. The van der Waals surface area contributed by atoms with E-state index in [1.165, 1.54) is 0 Å². The van der Waals surface area contributed by atoms with E-state index in [1.807, 2.05) is 24.3 Å². The molecule has 28 heavy (non-hydrogen) atoms. The number of Topliss-reactive ketones (excluding diaryl/α,β-unsaturated/α-hetero) is 1. The third-order valence-electron chi connectivity index (χ3n) is 6.15. The van der Waals surface area contributed by atoms with Gasteiger partial charge in [0.15, 0.2) is 5.78 Å². The van der Waals surface area contributed by atoms with Gasteiger partial charge in [-0.15, -0.1) is 0 Å². The van der Waals surface area contributed by atoms with Gasteiger partial charge in [0.25, 0.3) is 5.91 Å². The van der Waals surface area contributed by atoms with Crippen LogP contribution >= 0.6 is 0 Å². The normalized spacial score (nSPS) is 23.0. The summed E-state index contributed by atoms with van der Waals surface area (Å²) in [7, 11) is 0. The molecule has 144 valence electrons. The van der Waals surface area contributed by atoms with E-state index in [4.69, 9.17) is 5.73 Å². The summed E-state index contributed by atoms with van der Waals surface area (Å²) in [5.74, 6) is 0.596. The number of pyridine rings is 1. The quantitative estimate of drug-likeness (QED) is 0.634. The van der Waals surface area contributed by atoms with Gasteiger partial charge in [0.05, 0.1) is 22.0 Å². The molecule has 1 aromatic carbocycles. The maximum atomic E-state index is 12.7. The van der Waals surface area contributed by atoms with Crippen molar-refractivity contribution in [1.29, 1.82) is 0 Å². The van der Waals surface area contributed by atoms with E-state index in [0.29, 0.717) is 29.8 Å². The van der Waals surface area contributed by atoms with Crippen LogP contribution in [0.5, 0.6) is 0 Å². The van der Waals surface area contributed by atoms with Crippen LogP contribution in [0.3, 0.4) is 0 Å². The Labute approximate surface area is 162 Å². The van der Waals surface area contributed by atoms with Crippen LogP contribution in [0.15, 0.2) is 30.5 Å². The number of carbonyl (C=O) groups excluding carboxylic acids is 2. The van der Waals surface area contributed by atoms with Crippen LogP contribution in [0.4, 0.5) is 5.82 Å². The Morgan fingerprint density at radius 2 is 2.11 bits per heavy atom. The number of amides is 1. The van der Waals surface area contributed by atoms with Crippen LogP contribution in [-0.4, -0.2) is 46.8 Å². The fourth-order valence-electron chi connectivity index (χ4n) is 4.78. The average Bonchev–Trinajstić information content (AvgIpc) is 3.09. The van der Waals surface area contributed by atoms with E-state index < -0.39 is 11.4 Å². The third kappa shape index (κ3) is 2.50. The lowest BCUT2D eigenvalue weighted by Gasteiger charge is -2.45. The van der Waals surface area contributed by atoms with Crippen molar-refractivity contribution in [3.63, 3.8) is 0 Å². The number of nitrogens with zero attached hydrogens (tertiary/aromatic N) is 2. The number of aromatic amines is 1. The summed E-state index contributed by atoms with van der Waals surface area (Å²) in [6.07, 6.45) is 4.86. The first kappa shape index (κ1) is 17.2. The van der Waals surface area contributed by atoms with E-state index in [1.54, 1.807) is 6.20 Å². The molecule has 4 N–H and O–H groups in total. The minimum atomic E-state index is -0.505. The second-order valence-electron chi connectivity index (χ2n) is 7.84. The average molecular weight is 377 g/mol. The second kappa shape index (κ2) is 6.31. The standard InChI is InChI=1S/C21H23N5O2/c22-19(28)14-11-23-20(17-13-5-1-2-6-15(13)25-18(14)17)26-10-4-8-21(12-26)16(27)7-3-9-24-21/h1-2,5-6,11,24-25H,3-4,7-10,12H2,(H2,22,28). The van der Waals surface area contributed by atoms with Crippen molar-refractivity contribution in [3.8, 4) is 0 Å². The number of ketones is 1. The maximum absolute atomic E-state index is 12.7. The Morgan fingerprint density at radius 1 is 1.25 bits per heavy atom. The molecule has 0 aliphatic carbocycles. The van der Waals surface area contributed by atoms with Crippen LogP contribution < -0.4 is 16.0 Å². The van der Waals surface area contributed by atoms with Gasteiger partial charge in [-0.2, -0.15) is 0 Å². The molecule has 2 aliphatic rings. The molecule has 2 saturated heterocycles. The molecular formula is C21H23N5O2. The van der Waals surface area contributed by atoms with Gasteiger partial charge in [0.1, 0.15) is 5.82 Å². The largest absolute Gasteiger partial charge is 0.365 e. The minimum Gasteiger partial charge on any atom is -0.365 e.